The van der Waals surface area contributed by atoms with Crippen LogP contribution in [0.25, 0.3) is 0 Å². The first-order chi connectivity index (χ1) is 8.08. The number of rotatable bonds is 4. The summed E-state index contributed by atoms with van der Waals surface area (Å²) in [6, 6.07) is 6.10. The van der Waals surface area contributed by atoms with Crippen LogP contribution in [0.2, 0.25) is 0 Å². The van der Waals surface area contributed by atoms with Gasteiger partial charge in [0.1, 0.15) is 0 Å². The van der Waals surface area contributed by atoms with Crippen LogP contribution in [-0.4, -0.2) is 18.7 Å². The Kier molecular flexibility index (Phi) is 4.10. The van der Waals surface area contributed by atoms with Crippen LogP contribution in [0.15, 0.2) is 22.7 Å². The zero-order chi connectivity index (χ0) is 12.4. The smallest absolute Gasteiger partial charge is 0.0762 e. The highest BCUT2D eigenvalue weighted by Crippen LogP contribution is 2.32. The molecule has 1 aromatic rings. The fourth-order valence-electron chi connectivity index (χ4n) is 2.25. The van der Waals surface area contributed by atoms with Crippen molar-refractivity contribution < 1.29 is 5.11 Å². The minimum atomic E-state index is -0.405. The van der Waals surface area contributed by atoms with Gasteiger partial charge in [0, 0.05) is 18.1 Å². The number of aliphatic hydroxyl groups excluding tert-OH is 1. The maximum absolute atomic E-state index is 9.54. The summed E-state index contributed by atoms with van der Waals surface area (Å²) >= 11 is 3.59. The number of benzene rings is 1. The van der Waals surface area contributed by atoms with Gasteiger partial charge >= 0.3 is 0 Å². The summed E-state index contributed by atoms with van der Waals surface area (Å²) in [5, 5.41) is 9.54. The number of hydrogen-bond acceptors (Lipinski definition) is 2. The van der Waals surface area contributed by atoms with Crippen molar-refractivity contribution >= 4 is 21.6 Å². The Labute approximate surface area is 112 Å². The maximum atomic E-state index is 9.54. The van der Waals surface area contributed by atoms with Crippen molar-refractivity contribution in [3.05, 3.63) is 28.2 Å². The molecule has 1 N–H and O–H groups in total. The summed E-state index contributed by atoms with van der Waals surface area (Å²) in [5.74, 6) is 0.864. The molecule has 0 amide bonds. The number of halogens is 1. The zero-order valence-electron chi connectivity index (χ0n) is 10.5. The molecule has 2 nitrogen and oxygen atoms in total. The number of hydrogen-bond donors (Lipinski definition) is 1. The Bertz CT molecular complexity index is 388. The average Bonchev–Trinajstić information content (AvgIpc) is 2.22. The van der Waals surface area contributed by atoms with E-state index < -0.39 is 6.10 Å². The Hall–Kier alpha value is -0.540. The van der Waals surface area contributed by atoms with E-state index in [0.717, 1.165) is 22.5 Å². The quantitative estimate of drug-likeness (QED) is 0.915. The number of aliphatic hydroxyl groups is 1. The van der Waals surface area contributed by atoms with Crippen molar-refractivity contribution in [2.24, 2.45) is 5.92 Å². The third-order valence-corrected chi connectivity index (χ3v) is 4.26. The second-order valence-electron chi connectivity index (χ2n) is 5.06. The van der Waals surface area contributed by atoms with Gasteiger partial charge in [-0.15, -0.1) is 0 Å². The summed E-state index contributed by atoms with van der Waals surface area (Å²) in [7, 11) is 2.14. The number of anilines is 1. The van der Waals surface area contributed by atoms with Gasteiger partial charge in [0.2, 0.25) is 0 Å². The highest BCUT2D eigenvalue weighted by Gasteiger charge is 2.20. The van der Waals surface area contributed by atoms with Gasteiger partial charge in [-0.1, -0.05) is 12.5 Å². The second-order valence-corrected chi connectivity index (χ2v) is 5.92. The molecule has 1 aliphatic carbocycles. The summed E-state index contributed by atoms with van der Waals surface area (Å²) in [5.41, 5.74) is 2.17. The van der Waals surface area contributed by atoms with E-state index >= 15 is 0 Å². The van der Waals surface area contributed by atoms with Gasteiger partial charge in [0.25, 0.3) is 0 Å². The maximum Gasteiger partial charge on any atom is 0.0762 e. The monoisotopic (exact) mass is 297 g/mol. The van der Waals surface area contributed by atoms with Gasteiger partial charge in [-0.3, -0.25) is 0 Å². The molecule has 0 aliphatic heterocycles. The lowest BCUT2D eigenvalue weighted by Crippen LogP contribution is -2.29. The molecule has 1 saturated carbocycles. The Morgan fingerprint density at radius 3 is 2.65 bits per heavy atom. The highest BCUT2D eigenvalue weighted by molar-refractivity contribution is 9.10. The van der Waals surface area contributed by atoms with E-state index in [-0.39, 0.29) is 0 Å². The predicted octanol–water partition coefficient (Wildman–Crippen LogP) is 3.74. The van der Waals surface area contributed by atoms with Crippen molar-refractivity contribution in [3.63, 3.8) is 0 Å². The van der Waals surface area contributed by atoms with Crippen molar-refractivity contribution in [1.29, 1.82) is 0 Å². The fourth-order valence-corrected chi connectivity index (χ4v) is 2.95. The van der Waals surface area contributed by atoms with Crippen molar-refractivity contribution in [1.82, 2.24) is 0 Å². The van der Waals surface area contributed by atoms with Gasteiger partial charge in [-0.2, -0.15) is 0 Å². The molecule has 1 fully saturated rings. The Morgan fingerprint density at radius 1 is 1.47 bits per heavy atom. The molecule has 1 aromatic carbocycles. The molecule has 0 radical (unpaired) electrons. The van der Waals surface area contributed by atoms with E-state index in [9.17, 15) is 5.11 Å². The fraction of sp³-hybridized carbons (Fsp3) is 0.571. The van der Waals surface area contributed by atoms with Crippen LogP contribution < -0.4 is 4.90 Å². The Morgan fingerprint density at radius 2 is 2.18 bits per heavy atom. The largest absolute Gasteiger partial charge is 0.389 e. The molecule has 0 saturated heterocycles. The van der Waals surface area contributed by atoms with Gasteiger partial charge in [-0.05, 0) is 59.3 Å². The normalized spacial score (nSPS) is 17.6. The molecule has 0 heterocycles. The molecule has 1 atom stereocenters. The minimum Gasteiger partial charge on any atom is -0.389 e. The van der Waals surface area contributed by atoms with Crippen LogP contribution in [0.5, 0.6) is 0 Å². The van der Waals surface area contributed by atoms with Gasteiger partial charge in [-0.25, -0.2) is 0 Å². The van der Waals surface area contributed by atoms with Crippen molar-refractivity contribution in [3.8, 4) is 0 Å². The molecule has 2 rings (SSSR count). The first-order valence-electron chi connectivity index (χ1n) is 6.26. The lowest BCUT2D eigenvalue weighted by Gasteiger charge is -2.32. The van der Waals surface area contributed by atoms with Crippen LogP contribution in [-0.2, 0) is 0 Å². The summed E-state index contributed by atoms with van der Waals surface area (Å²) in [4.78, 5) is 2.31. The average molecular weight is 298 g/mol. The summed E-state index contributed by atoms with van der Waals surface area (Å²) in [6.45, 7) is 2.92. The van der Waals surface area contributed by atoms with Crippen molar-refractivity contribution in [2.45, 2.75) is 32.3 Å². The highest BCUT2D eigenvalue weighted by atomic mass is 79.9. The van der Waals surface area contributed by atoms with Gasteiger partial charge in [0.05, 0.1) is 11.8 Å². The van der Waals surface area contributed by atoms with Gasteiger partial charge in [0.15, 0.2) is 0 Å². The standard InChI is InChI=1S/C14H20BrNO/c1-10(17)12-6-7-14(13(15)8-12)16(2)9-11-4-3-5-11/h6-8,10-11,17H,3-5,9H2,1-2H3/t10-/m0/s1. The molecule has 17 heavy (non-hydrogen) atoms. The lowest BCUT2D eigenvalue weighted by molar-refractivity contribution is 0.199. The third kappa shape index (κ3) is 3.02. The minimum absolute atomic E-state index is 0.405. The molecule has 0 bridgehead atoms. The first kappa shape index (κ1) is 12.9. The molecule has 1 aliphatic rings. The van der Waals surface area contributed by atoms with E-state index in [4.69, 9.17) is 0 Å². The number of nitrogens with zero attached hydrogens (tertiary/aromatic N) is 1. The SMILES string of the molecule is C[C@H](O)c1ccc(N(C)CC2CCC2)c(Br)c1. The molecule has 94 valence electrons. The molecular weight excluding hydrogens is 278 g/mol. The molecular formula is C14H20BrNO. The van der Waals surface area contributed by atoms with Crippen LogP contribution >= 0.6 is 15.9 Å². The Balaban J connectivity index is 2.08. The van der Waals surface area contributed by atoms with Crippen LogP contribution in [0.1, 0.15) is 37.9 Å². The third-order valence-electron chi connectivity index (χ3n) is 3.62. The zero-order valence-corrected chi connectivity index (χ0v) is 12.1. The van der Waals surface area contributed by atoms with E-state index in [1.807, 2.05) is 12.1 Å². The molecule has 0 unspecified atom stereocenters. The summed E-state index contributed by atoms with van der Waals surface area (Å²) < 4.78 is 1.07. The van der Waals surface area contributed by atoms with Crippen molar-refractivity contribution in [2.75, 3.05) is 18.5 Å². The predicted molar refractivity (Wildman–Crippen MR) is 75.4 cm³/mol. The first-order valence-corrected chi connectivity index (χ1v) is 7.06. The molecule has 3 heteroatoms. The van der Waals surface area contributed by atoms with E-state index in [0.29, 0.717) is 0 Å². The molecule has 0 spiro atoms. The molecule has 0 aromatic heterocycles. The van der Waals surface area contributed by atoms with E-state index in [1.54, 1.807) is 6.92 Å². The van der Waals surface area contributed by atoms with Crippen LogP contribution in [0, 0.1) is 5.92 Å². The second kappa shape index (κ2) is 5.40. The van der Waals surface area contributed by atoms with Crippen LogP contribution in [0.3, 0.4) is 0 Å². The van der Waals surface area contributed by atoms with Crippen LogP contribution in [0.4, 0.5) is 5.69 Å². The van der Waals surface area contributed by atoms with Gasteiger partial charge < -0.3 is 10.0 Å². The summed E-state index contributed by atoms with van der Waals surface area (Å²) in [6.07, 6.45) is 3.72. The lowest BCUT2D eigenvalue weighted by atomic mass is 9.85. The topological polar surface area (TPSA) is 23.5 Å². The van der Waals surface area contributed by atoms with E-state index in [1.165, 1.54) is 24.9 Å². The van der Waals surface area contributed by atoms with E-state index in [2.05, 4.69) is 33.9 Å².